The average Bonchev–Trinajstić information content (AvgIpc) is 2.60. The Labute approximate surface area is 144 Å². The van der Waals surface area contributed by atoms with E-state index >= 15 is 0 Å². The zero-order valence-electron chi connectivity index (χ0n) is 15.6. The number of hydrogen-bond acceptors (Lipinski definition) is 1. The third kappa shape index (κ3) is 3.51. The van der Waals surface area contributed by atoms with Crippen molar-refractivity contribution in [2.24, 2.45) is 0 Å². The van der Waals surface area contributed by atoms with Gasteiger partial charge in [-0.05, 0) is 35.6 Å². The molecule has 0 bridgehead atoms. The number of anilines is 1. The molecule has 0 fully saturated rings. The van der Waals surface area contributed by atoms with Gasteiger partial charge >= 0.3 is 0 Å². The fourth-order valence-corrected chi connectivity index (χ4v) is 3.05. The van der Waals surface area contributed by atoms with Crippen LogP contribution in [-0.4, -0.2) is 12.5 Å². The fraction of sp³-hybridized carbons (Fsp3) is 0.273. The number of benzene rings is 2. The number of amides is 1. The third-order valence-electron chi connectivity index (χ3n) is 4.56. The minimum atomic E-state index is 0. The summed E-state index contributed by atoms with van der Waals surface area (Å²) < 4.78 is 0. The Morgan fingerprint density at radius 2 is 1.81 bits per heavy atom. The monoisotopic (exact) mass is 849 g/mol. The molecule has 0 N–H and O–H groups in total. The first-order valence-corrected chi connectivity index (χ1v) is 8.23. The van der Waals surface area contributed by atoms with Gasteiger partial charge < -0.3 is 11.8 Å². The van der Waals surface area contributed by atoms with Gasteiger partial charge in [-0.3, -0.25) is 4.79 Å². The number of fused-ring (bicyclic) bond motifs is 1. The molecule has 2 aromatic rings. The maximum atomic E-state index is 12.2. The molecule has 0 aliphatic carbocycles. The molecule has 0 saturated heterocycles. The van der Waals surface area contributed by atoms with Gasteiger partial charge in [0.2, 0.25) is 0 Å². The molecule has 1 heterocycles. The van der Waals surface area contributed by atoms with Crippen molar-refractivity contribution in [2.75, 3.05) is 11.4 Å². The van der Waals surface area contributed by atoms with Gasteiger partial charge in [0.1, 0.15) is 0 Å². The minimum absolute atomic E-state index is 0. The number of hydrogen-bond donors (Lipinski definition) is 0. The maximum absolute atomic E-state index is 12.2. The SMILES string of the molecule is [CH2-]CC(=O)N1CCC(C)(C)c2cc(C#Cc3cc[c-]cc3)ccc21.[Rf].[Rf]. The van der Waals surface area contributed by atoms with Crippen molar-refractivity contribution in [1.82, 2.24) is 0 Å². The smallest absolute Gasteiger partial charge is 0.196 e. The second-order valence-corrected chi connectivity index (χ2v) is 6.70. The summed E-state index contributed by atoms with van der Waals surface area (Å²) in [6.45, 7) is 8.93. The van der Waals surface area contributed by atoms with Gasteiger partial charge in [0.15, 0.2) is 5.91 Å². The zero-order valence-corrected chi connectivity index (χ0v) is 28.4. The third-order valence-corrected chi connectivity index (χ3v) is 4.56. The van der Waals surface area contributed by atoms with E-state index in [1.807, 2.05) is 41.3 Å². The van der Waals surface area contributed by atoms with Gasteiger partial charge in [0, 0.05) is 17.8 Å². The number of nitrogens with zero attached hydrogens (tertiary/aromatic N) is 1. The van der Waals surface area contributed by atoms with E-state index in [4.69, 9.17) is 0 Å². The second-order valence-electron chi connectivity index (χ2n) is 6.70. The van der Waals surface area contributed by atoms with Crippen molar-refractivity contribution >= 4 is 11.6 Å². The first-order valence-electron chi connectivity index (χ1n) is 8.23. The number of carbonyl (C=O) groups excluding carboxylic acids is 1. The molecule has 1 aliphatic heterocycles. The van der Waals surface area contributed by atoms with Crippen LogP contribution >= 0.6 is 0 Å². The molecule has 2 aromatic carbocycles. The largest absolute Gasteiger partial charge is 0.334 e. The van der Waals surface area contributed by atoms with E-state index in [9.17, 15) is 4.79 Å². The Kier molecular flexibility index (Phi) is 5.52. The van der Waals surface area contributed by atoms with E-state index in [2.05, 4.69) is 44.7 Å². The Bertz CT molecular complexity index is 819. The van der Waals surface area contributed by atoms with Gasteiger partial charge in [-0.25, -0.2) is 0 Å². The first kappa shape index (κ1) is 19.5. The predicted octanol–water partition coefficient (Wildman–Crippen LogP) is 4.13. The van der Waals surface area contributed by atoms with Crippen LogP contribution in [0.4, 0.5) is 5.69 Å². The van der Waals surface area contributed by atoms with Crippen LogP contribution in [-0.2, 0) is 10.2 Å². The quantitative estimate of drug-likeness (QED) is 0.313. The molecule has 4 heteroatoms. The van der Waals surface area contributed by atoms with Crippen LogP contribution in [0.25, 0.3) is 0 Å². The molecule has 0 spiro atoms. The van der Waals surface area contributed by atoms with Crippen LogP contribution in [0.15, 0.2) is 42.5 Å². The molecule has 0 saturated carbocycles. The summed E-state index contributed by atoms with van der Waals surface area (Å²) in [5.41, 5.74) is 4.16. The molecule has 1 aliphatic rings. The molecule has 1 amide bonds. The van der Waals surface area contributed by atoms with Crippen LogP contribution < -0.4 is 4.90 Å². The Morgan fingerprint density at radius 1 is 1.15 bits per heavy atom. The number of rotatable bonds is 1. The van der Waals surface area contributed by atoms with E-state index in [0.717, 1.165) is 29.8 Å². The van der Waals surface area contributed by atoms with Gasteiger partial charge in [0.05, 0.1) is 0 Å². The second kappa shape index (κ2) is 7.36. The summed E-state index contributed by atoms with van der Waals surface area (Å²) in [4.78, 5) is 14.0. The van der Waals surface area contributed by atoms with Crippen molar-refractivity contribution in [2.45, 2.75) is 32.1 Å². The summed E-state index contributed by atoms with van der Waals surface area (Å²) in [5, 5.41) is 0. The summed E-state index contributed by atoms with van der Waals surface area (Å²) in [7, 11) is 0. The molecule has 0 aromatic heterocycles. The Balaban J connectivity index is 0.00000169. The molecule has 126 valence electrons. The fourth-order valence-electron chi connectivity index (χ4n) is 3.05. The molecular weight excluding hydrogens is 828 g/mol. The standard InChI is InChI=1S/C22H21NO.2Rf/c1-4-21(24)23-15-14-22(2,3)19-16-18(12-13-20(19)23)11-10-17-8-6-5-7-9-17;;/h6-9,12-13,16H,1,4,14-15H2,2-3H3;;/q-2;;. The zero-order chi connectivity index (χ0) is 17.2. The maximum Gasteiger partial charge on any atom is 0.196 e. The Hall–Kier alpha value is -4.53. The van der Waals surface area contributed by atoms with Crippen LogP contribution in [0, 0.1) is 24.8 Å². The van der Waals surface area contributed by atoms with Gasteiger partial charge in [0.25, 0.3) is 0 Å². The predicted molar refractivity (Wildman–Crippen MR) is 97.7 cm³/mol. The molecule has 0 radical (unpaired) electrons. The minimum Gasteiger partial charge on any atom is -0.334 e. The van der Waals surface area contributed by atoms with E-state index in [-0.39, 0.29) is 17.7 Å². The molecule has 26 heavy (non-hydrogen) atoms. The van der Waals surface area contributed by atoms with Crippen molar-refractivity contribution in [3.8, 4) is 11.8 Å². The summed E-state index contributed by atoms with van der Waals surface area (Å²) in [6, 6.07) is 16.8. The van der Waals surface area contributed by atoms with Crippen LogP contribution in [0.3, 0.4) is 0 Å². The van der Waals surface area contributed by atoms with Crippen LogP contribution in [0.2, 0.25) is 0 Å². The molecule has 0 atom stereocenters. The van der Waals surface area contributed by atoms with Crippen molar-refractivity contribution in [1.29, 1.82) is 0 Å². The summed E-state index contributed by atoms with van der Waals surface area (Å²) in [6.07, 6.45) is 1.23. The summed E-state index contributed by atoms with van der Waals surface area (Å²) in [5.74, 6) is 6.48. The van der Waals surface area contributed by atoms with E-state index in [1.165, 1.54) is 5.56 Å². The van der Waals surface area contributed by atoms with E-state index in [0.29, 0.717) is 0 Å². The van der Waals surface area contributed by atoms with Gasteiger partial charge in [-0.2, -0.15) is 30.3 Å². The van der Waals surface area contributed by atoms with E-state index < -0.39 is 0 Å². The van der Waals surface area contributed by atoms with Crippen molar-refractivity contribution < 1.29 is 4.79 Å². The first-order chi connectivity index (χ1) is 11.5. The molecule has 3 rings (SSSR count). The van der Waals surface area contributed by atoms with Crippen molar-refractivity contribution in [3.63, 3.8) is 0 Å². The molecule has 2 nitrogen and oxygen atoms in total. The molecular formula is C22H21NORf2-2. The average molecular weight is 849 g/mol. The van der Waals surface area contributed by atoms with Crippen LogP contribution in [0.5, 0.6) is 0 Å². The summed E-state index contributed by atoms with van der Waals surface area (Å²) >= 11 is 0. The van der Waals surface area contributed by atoms with Gasteiger partial charge in [-0.1, -0.05) is 31.3 Å². The van der Waals surface area contributed by atoms with E-state index in [1.54, 1.807) is 0 Å². The topological polar surface area (TPSA) is 20.3 Å². The van der Waals surface area contributed by atoms with Crippen LogP contribution in [0.1, 0.15) is 43.4 Å². The number of carbonyl (C=O) groups is 1. The molecule has 0 unspecified atom stereocenters. The Morgan fingerprint density at radius 3 is 2.46 bits per heavy atom. The normalized spacial score (nSPS) is 14.0. The van der Waals surface area contributed by atoms with Gasteiger partial charge in [-0.15, -0.1) is 6.42 Å². The van der Waals surface area contributed by atoms with Crippen molar-refractivity contribution in [3.05, 3.63) is 72.1 Å².